The summed E-state index contributed by atoms with van der Waals surface area (Å²) in [6.07, 6.45) is 0. The number of carbonyl (C=O) groups is 1. The van der Waals surface area contributed by atoms with E-state index in [1.165, 1.54) is 11.3 Å². The molecular formula is C12H18N2O2S. The molecule has 94 valence electrons. The molecule has 1 aromatic rings. The average Bonchev–Trinajstić information content (AvgIpc) is 2.63. The van der Waals surface area contributed by atoms with Gasteiger partial charge in [0.05, 0.1) is 16.7 Å². The van der Waals surface area contributed by atoms with Crippen LogP contribution in [-0.4, -0.2) is 40.1 Å². The molecule has 0 radical (unpaired) electrons. The lowest BCUT2D eigenvalue weighted by Gasteiger charge is -2.46. The van der Waals surface area contributed by atoms with Crippen molar-refractivity contribution in [3.05, 3.63) is 16.6 Å². The fourth-order valence-corrected chi connectivity index (χ4v) is 2.94. The standard InChI is InChI=1S/C12H18N2O2S/c1-11(2)6-14(7-12(3,4)16-11)10(15)9-5-17-8-13-9/h5,8H,6-7H2,1-4H3. The number of aromatic nitrogens is 1. The topological polar surface area (TPSA) is 42.4 Å². The third-order valence-corrected chi connectivity index (χ3v) is 3.22. The molecule has 0 unspecified atom stereocenters. The molecule has 0 aromatic carbocycles. The molecule has 0 aliphatic carbocycles. The van der Waals surface area contributed by atoms with Crippen molar-refractivity contribution < 1.29 is 9.53 Å². The Morgan fingerprint density at radius 2 is 1.94 bits per heavy atom. The van der Waals surface area contributed by atoms with Crippen LogP contribution in [0.4, 0.5) is 0 Å². The SMILES string of the molecule is CC1(C)CN(C(=O)c2cscn2)CC(C)(C)O1. The van der Waals surface area contributed by atoms with E-state index in [2.05, 4.69) is 4.98 Å². The normalized spacial score (nSPS) is 22.5. The Labute approximate surface area is 106 Å². The van der Waals surface area contributed by atoms with Gasteiger partial charge in [0.2, 0.25) is 0 Å². The maximum atomic E-state index is 12.3. The van der Waals surface area contributed by atoms with Crippen LogP contribution in [0.15, 0.2) is 10.9 Å². The summed E-state index contributed by atoms with van der Waals surface area (Å²) in [5.41, 5.74) is 1.59. The molecule has 1 amide bonds. The molecule has 1 aromatic heterocycles. The highest BCUT2D eigenvalue weighted by atomic mass is 32.1. The fraction of sp³-hybridized carbons (Fsp3) is 0.667. The zero-order valence-corrected chi connectivity index (χ0v) is 11.5. The Morgan fingerprint density at radius 3 is 2.41 bits per heavy atom. The van der Waals surface area contributed by atoms with Crippen LogP contribution in [0, 0.1) is 0 Å². The van der Waals surface area contributed by atoms with Crippen LogP contribution in [-0.2, 0) is 4.74 Å². The molecule has 1 fully saturated rings. The van der Waals surface area contributed by atoms with Crippen molar-refractivity contribution in [2.24, 2.45) is 0 Å². The van der Waals surface area contributed by atoms with Gasteiger partial charge in [0.1, 0.15) is 5.69 Å². The first-order valence-corrected chi connectivity index (χ1v) is 6.61. The number of amides is 1. The second kappa shape index (κ2) is 4.07. The lowest BCUT2D eigenvalue weighted by Crippen LogP contribution is -2.58. The van der Waals surface area contributed by atoms with Crippen molar-refractivity contribution in [2.75, 3.05) is 13.1 Å². The van der Waals surface area contributed by atoms with E-state index < -0.39 is 0 Å². The number of hydrogen-bond donors (Lipinski definition) is 0. The number of hydrogen-bond acceptors (Lipinski definition) is 4. The summed E-state index contributed by atoms with van der Waals surface area (Å²) in [6.45, 7) is 9.24. The number of nitrogens with zero attached hydrogens (tertiary/aromatic N) is 2. The van der Waals surface area contributed by atoms with Crippen molar-refractivity contribution >= 4 is 17.2 Å². The highest BCUT2D eigenvalue weighted by Gasteiger charge is 2.40. The summed E-state index contributed by atoms with van der Waals surface area (Å²) in [5, 5.41) is 1.79. The summed E-state index contributed by atoms with van der Waals surface area (Å²) >= 11 is 1.44. The number of carbonyl (C=O) groups excluding carboxylic acids is 1. The van der Waals surface area contributed by atoms with Crippen molar-refractivity contribution in [2.45, 2.75) is 38.9 Å². The van der Waals surface area contributed by atoms with Gasteiger partial charge in [0, 0.05) is 18.5 Å². The quantitative estimate of drug-likeness (QED) is 0.771. The van der Waals surface area contributed by atoms with Gasteiger partial charge in [0.15, 0.2) is 0 Å². The molecule has 1 saturated heterocycles. The molecule has 1 aliphatic heterocycles. The highest BCUT2D eigenvalue weighted by Crippen LogP contribution is 2.28. The van der Waals surface area contributed by atoms with E-state index in [4.69, 9.17) is 4.74 Å². The molecule has 4 nitrogen and oxygen atoms in total. The van der Waals surface area contributed by atoms with Gasteiger partial charge in [-0.15, -0.1) is 11.3 Å². The van der Waals surface area contributed by atoms with E-state index in [0.29, 0.717) is 18.8 Å². The summed E-state index contributed by atoms with van der Waals surface area (Å²) < 4.78 is 5.95. The molecular weight excluding hydrogens is 236 g/mol. The summed E-state index contributed by atoms with van der Waals surface area (Å²) in [6, 6.07) is 0. The van der Waals surface area contributed by atoms with E-state index in [-0.39, 0.29) is 17.1 Å². The predicted octanol–water partition coefficient (Wildman–Crippen LogP) is 2.17. The Morgan fingerprint density at radius 1 is 1.35 bits per heavy atom. The van der Waals surface area contributed by atoms with E-state index >= 15 is 0 Å². The van der Waals surface area contributed by atoms with Gasteiger partial charge < -0.3 is 9.64 Å². The van der Waals surface area contributed by atoms with Gasteiger partial charge in [-0.1, -0.05) is 0 Å². The van der Waals surface area contributed by atoms with Crippen LogP contribution >= 0.6 is 11.3 Å². The maximum Gasteiger partial charge on any atom is 0.273 e. The second-order valence-electron chi connectivity index (χ2n) is 5.66. The maximum absolute atomic E-state index is 12.3. The summed E-state index contributed by atoms with van der Waals surface area (Å²) in [4.78, 5) is 18.2. The van der Waals surface area contributed by atoms with E-state index in [0.717, 1.165) is 0 Å². The van der Waals surface area contributed by atoms with Crippen molar-refractivity contribution in [1.82, 2.24) is 9.88 Å². The number of ether oxygens (including phenoxy) is 1. The first-order valence-electron chi connectivity index (χ1n) is 5.67. The minimum absolute atomic E-state index is 0.00398. The first-order chi connectivity index (χ1) is 7.79. The van der Waals surface area contributed by atoms with Gasteiger partial charge in [-0.3, -0.25) is 4.79 Å². The fourth-order valence-electron chi connectivity index (χ4n) is 2.41. The van der Waals surface area contributed by atoms with E-state index in [1.54, 1.807) is 10.9 Å². The smallest absolute Gasteiger partial charge is 0.273 e. The molecule has 0 saturated carbocycles. The number of rotatable bonds is 1. The summed E-state index contributed by atoms with van der Waals surface area (Å²) in [5.74, 6) is -0.00398. The van der Waals surface area contributed by atoms with Gasteiger partial charge in [-0.2, -0.15) is 0 Å². The van der Waals surface area contributed by atoms with Crippen LogP contribution in [0.3, 0.4) is 0 Å². The van der Waals surface area contributed by atoms with Crippen molar-refractivity contribution in [1.29, 1.82) is 0 Å². The molecule has 2 rings (SSSR count). The zero-order valence-electron chi connectivity index (χ0n) is 10.7. The highest BCUT2D eigenvalue weighted by molar-refractivity contribution is 7.07. The van der Waals surface area contributed by atoms with Crippen LogP contribution < -0.4 is 0 Å². The van der Waals surface area contributed by atoms with Gasteiger partial charge in [-0.25, -0.2) is 4.98 Å². The Bertz CT molecular complexity index is 396. The Hall–Kier alpha value is -0.940. The predicted molar refractivity (Wildman–Crippen MR) is 67.3 cm³/mol. The lowest BCUT2D eigenvalue weighted by molar-refractivity contribution is -0.171. The lowest BCUT2D eigenvalue weighted by atomic mass is 9.99. The largest absolute Gasteiger partial charge is 0.366 e. The van der Waals surface area contributed by atoms with Crippen LogP contribution in [0.1, 0.15) is 38.2 Å². The third-order valence-electron chi connectivity index (χ3n) is 2.63. The molecule has 0 N–H and O–H groups in total. The zero-order chi connectivity index (χ0) is 12.7. The van der Waals surface area contributed by atoms with Crippen LogP contribution in [0.5, 0.6) is 0 Å². The van der Waals surface area contributed by atoms with E-state index in [9.17, 15) is 4.79 Å². The van der Waals surface area contributed by atoms with Crippen molar-refractivity contribution in [3.63, 3.8) is 0 Å². The summed E-state index contributed by atoms with van der Waals surface area (Å²) in [7, 11) is 0. The molecule has 1 aliphatic rings. The molecule has 17 heavy (non-hydrogen) atoms. The average molecular weight is 254 g/mol. The van der Waals surface area contributed by atoms with Crippen LogP contribution in [0.25, 0.3) is 0 Å². The van der Waals surface area contributed by atoms with Gasteiger partial charge in [0.25, 0.3) is 5.91 Å². The number of thiazole rings is 1. The molecule has 0 spiro atoms. The minimum Gasteiger partial charge on any atom is -0.366 e. The van der Waals surface area contributed by atoms with Crippen LogP contribution in [0.2, 0.25) is 0 Å². The monoisotopic (exact) mass is 254 g/mol. The number of morpholine rings is 1. The third kappa shape index (κ3) is 2.84. The van der Waals surface area contributed by atoms with Gasteiger partial charge in [-0.05, 0) is 27.7 Å². The van der Waals surface area contributed by atoms with E-state index in [1.807, 2.05) is 32.6 Å². The first kappa shape index (κ1) is 12.5. The Kier molecular flexibility index (Phi) is 2.99. The molecule has 0 bridgehead atoms. The molecule has 0 atom stereocenters. The minimum atomic E-state index is -0.312. The Balaban J connectivity index is 2.19. The van der Waals surface area contributed by atoms with Gasteiger partial charge >= 0.3 is 0 Å². The molecule has 2 heterocycles. The molecule has 5 heteroatoms. The van der Waals surface area contributed by atoms with Crippen molar-refractivity contribution in [3.8, 4) is 0 Å². The second-order valence-corrected chi connectivity index (χ2v) is 6.38.